The van der Waals surface area contributed by atoms with Crippen LogP contribution in [0, 0.1) is 0 Å². The van der Waals surface area contributed by atoms with Crippen molar-refractivity contribution in [3.63, 3.8) is 0 Å². The van der Waals surface area contributed by atoms with Gasteiger partial charge in [0.25, 0.3) is 0 Å². The molecule has 5 aromatic rings. The van der Waals surface area contributed by atoms with Crippen LogP contribution in [-0.4, -0.2) is 31.4 Å². The summed E-state index contributed by atoms with van der Waals surface area (Å²) in [4.78, 5) is 16.3. The highest BCUT2D eigenvalue weighted by Gasteiger charge is 2.27. The zero-order chi connectivity index (χ0) is 26.5. The molecule has 2 heterocycles. The van der Waals surface area contributed by atoms with Crippen molar-refractivity contribution in [2.75, 3.05) is 0 Å². The van der Waals surface area contributed by atoms with E-state index in [4.69, 9.17) is 4.74 Å². The van der Waals surface area contributed by atoms with Gasteiger partial charge in [-0.05, 0) is 56.5 Å². The van der Waals surface area contributed by atoms with E-state index in [1.54, 1.807) is 0 Å². The largest absolute Gasteiger partial charge is 0.444 e. The Balaban J connectivity index is 1.54. The number of carbonyl (C=O) groups is 1. The maximum atomic E-state index is 13.0. The molecule has 2 aromatic heterocycles. The summed E-state index contributed by atoms with van der Waals surface area (Å²) in [6.45, 7) is 5.57. The molecular weight excluding hydrogens is 474 g/mol. The van der Waals surface area contributed by atoms with Gasteiger partial charge in [0.2, 0.25) is 0 Å². The lowest BCUT2D eigenvalue weighted by molar-refractivity contribution is 0.0500. The number of benzene rings is 3. The molecule has 0 saturated carbocycles. The Bertz CT molecular complexity index is 1500. The van der Waals surface area contributed by atoms with Crippen molar-refractivity contribution in [1.82, 2.24) is 25.1 Å². The number of aromatic nitrogens is 4. The fourth-order valence-corrected chi connectivity index (χ4v) is 4.65. The standard InChI is InChI=1S/C31H33N5O2/c1-31(2,3)38-30(37)33-27(20-23-21-32-26-17-11-10-16-25(23)26)29-35-34-28(19-18-22-12-6-4-7-13-22)36(29)24-14-8-5-9-15-24/h4-17,21,27,32H,18-20H2,1-3H3,(H,33,37)/t27-/m1/s1. The monoisotopic (exact) mass is 507 g/mol. The van der Waals surface area contributed by atoms with E-state index in [0.717, 1.165) is 34.4 Å². The summed E-state index contributed by atoms with van der Waals surface area (Å²) in [7, 11) is 0. The van der Waals surface area contributed by atoms with Crippen LogP contribution < -0.4 is 5.32 Å². The van der Waals surface area contributed by atoms with Crippen LogP contribution in [0.4, 0.5) is 4.79 Å². The maximum absolute atomic E-state index is 13.0. The number of nitrogens with one attached hydrogen (secondary N) is 2. The second-order valence-corrected chi connectivity index (χ2v) is 10.4. The van der Waals surface area contributed by atoms with Crippen molar-refractivity contribution in [3.05, 3.63) is 114 Å². The Morgan fingerprint density at radius 1 is 0.921 bits per heavy atom. The molecule has 0 aliphatic heterocycles. The van der Waals surface area contributed by atoms with Crippen LogP contribution in [0.1, 0.15) is 49.6 Å². The average Bonchev–Trinajstić information content (AvgIpc) is 3.51. The first-order chi connectivity index (χ1) is 18.4. The molecule has 0 spiro atoms. The first-order valence-corrected chi connectivity index (χ1v) is 13.0. The van der Waals surface area contributed by atoms with Crippen LogP contribution in [0.2, 0.25) is 0 Å². The zero-order valence-corrected chi connectivity index (χ0v) is 22.0. The van der Waals surface area contributed by atoms with Crippen LogP contribution in [0.3, 0.4) is 0 Å². The molecule has 38 heavy (non-hydrogen) atoms. The summed E-state index contributed by atoms with van der Waals surface area (Å²) >= 11 is 0. The highest BCUT2D eigenvalue weighted by Crippen LogP contribution is 2.27. The molecule has 5 rings (SSSR count). The molecule has 3 aromatic carbocycles. The number of hydrogen-bond donors (Lipinski definition) is 2. The molecule has 0 saturated heterocycles. The highest BCUT2D eigenvalue weighted by molar-refractivity contribution is 5.83. The lowest BCUT2D eigenvalue weighted by Crippen LogP contribution is -2.37. The van der Waals surface area contributed by atoms with Gasteiger partial charge < -0.3 is 15.0 Å². The third kappa shape index (κ3) is 5.94. The van der Waals surface area contributed by atoms with Gasteiger partial charge in [-0.3, -0.25) is 4.57 Å². The number of aromatic amines is 1. The van der Waals surface area contributed by atoms with Gasteiger partial charge in [0, 0.05) is 35.6 Å². The van der Waals surface area contributed by atoms with Crippen molar-refractivity contribution < 1.29 is 9.53 Å². The number of rotatable bonds is 8. The fourth-order valence-electron chi connectivity index (χ4n) is 4.65. The molecule has 7 heteroatoms. The lowest BCUT2D eigenvalue weighted by atomic mass is 10.0. The predicted molar refractivity (Wildman–Crippen MR) is 149 cm³/mol. The third-order valence-corrected chi connectivity index (χ3v) is 6.35. The maximum Gasteiger partial charge on any atom is 0.408 e. The highest BCUT2D eigenvalue weighted by atomic mass is 16.6. The van der Waals surface area contributed by atoms with Gasteiger partial charge in [0.1, 0.15) is 11.4 Å². The summed E-state index contributed by atoms with van der Waals surface area (Å²) in [5.74, 6) is 1.50. The van der Waals surface area contributed by atoms with E-state index in [1.165, 1.54) is 5.56 Å². The first-order valence-electron chi connectivity index (χ1n) is 13.0. The van der Waals surface area contributed by atoms with Crippen molar-refractivity contribution in [1.29, 1.82) is 0 Å². The van der Waals surface area contributed by atoms with Crippen LogP contribution in [-0.2, 0) is 24.0 Å². The molecule has 0 bridgehead atoms. The van der Waals surface area contributed by atoms with E-state index in [-0.39, 0.29) is 0 Å². The second-order valence-electron chi connectivity index (χ2n) is 10.4. The van der Waals surface area contributed by atoms with Gasteiger partial charge in [-0.1, -0.05) is 66.7 Å². The molecule has 0 fully saturated rings. The minimum Gasteiger partial charge on any atom is -0.444 e. The Labute approximate surface area is 222 Å². The second kappa shape index (κ2) is 10.9. The van der Waals surface area contributed by atoms with Crippen molar-refractivity contribution in [2.24, 2.45) is 0 Å². The number of para-hydroxylation sites is 2. The predicted octanol–water partition coefficient (Wildman–Crippen LogP) is 6.34. The average molecular weight is 508 g/mol. The van der Waals surface area contributed by atoms with Gasteiger partial charge in [0.05, 0.1) is 6.04 Å². The topological polar surface area (TPSA) is 84.8 Å². The fraction of sp³-hybridized carbons (Fsp3) is 0.258. The van der Waals surface area contributed by atoms with Crippen molar-refractivity contribution in [2.45, 2.75) is 51.7 Å². The first kappa shape index (κ1) is 25.3. The normalized spacial score (nSPS) is 12.4. The summed E-state index contributed by atoms with van der Waals surface area (Å²) in [6, 6.07) is 28.1. The van der Waals surface area contributed by atoms with E-state index in [1.807, 2.05) is 93.7 Å². The van der Waals surface area contributed by atoms with Gasteiger partial charge in [-0.25, -0.2) is 4.79 Å². The lowest BCUT2D eigenvalue weighted by Gasteiger charge is -2.24. The summed E-state index contributed by atoms with van der Waals surface area (Å²) in [6.07, 6.45) is 3.56. The number of carbonyl (C=O) groups excluding carboxylic acids is 1. The smallest absolute Gasteiger partial charge is 0.408 e. The Morgan fingerprint density at radius 3 is 2.34 bits per heavy atom. The summed E-state index contributed by atoms with van der Waals surface area (Å²) in [5, 5.41) is 13.5. The molecule has 2 N–H and O–H groups in total. The van der Waals surface area contributed by atoms with Crippen LogP contribution >= 0.6 is 0 Å². The van der Waals surface area contributed by atoms with Crippen LogP contribution in [0.15, 0.2) is 91.1 Å². The minimum atomic E-state index is -0.622. The molecule has 194 valence electrons. The number of nitrogens with zero attached hydrogens (tertiary/aromatic N) is 3. The van der Waals surface area contributed by atoms with E-state index in [2.05, 4.69) is 43.3 Å². The molecule has 1 atom stereocenters. The van der Waals surface area contributed by atoms with Gasteiger partial charge in [0.15, 0.2) is 5.82 Å². The molecule has 0 unspecified atom stereocenters. The number of hydrogen-bond acceptors (Lipinski definition) is 4. The Hall–Kier alpha value is -4.39. The number of H-pyrrole nitrogens is 1. The van der Waals surface area contributed by atoms with Crippen molar-refractivity contribution in [3.8, 4) is 5.69 Å². The molecule has 7 nitrogen and oxygen atoms in total. The Kier molecular flexibility index (Phi) is 7.26. The SMILES string of the molecule is CC(C)(C)OC(=O)N[C@H](Cc1c[nH]c2ccccc12)c1nnc(CCc2ccccc2)n1-c1ccccc1. The van der Waals surface area contributed by atoms with E-state index in [9.17, 15) is 4.79 Å². The van der Waals surface area contributed by atoms with Gasteiger partial charge in [-0.15, -0.1) is 10.2 Å². The molecular formula is C31H33N5O2. The number of ether oxygens (including phenoxy) is 1. The third-order valence-electron chi connectivity index (χ3n) is 6.35. The molecule has 0 aliphatic rings. The number of aryl methyl sites for hydroxylation is 2. The van der Waals surface area contributed by atoms with E-state index in [0.29, 0.717) is 18.7 Å². The van der Waals surface area contributed by atoms with E-state index >= 15 is 0 Å². The minimum absolute atomic E-state index is 0.470. The molecule has 0 radical (unpaired) electrons. The summed E-state index contributed by atoms with van der Waals surface area (Å²) < 4.78 is 7.71. The molecule has 0 aliphatic carbocycles. The van der Waals surface area contributed by atoms with Crippen molar-refractivity contribution >= 4 is 17.0 Å². The van der Waals surface area contributed by atoms with Gasteiger partial charge >= 0.3 is 6.09 Å². The Morgan fingerprint density at radius 2 is 1.61 bits per heavy atom. The van der Waals surface area contributed by atoms with Crippen LogP contribution in [0.25, 0.3) is 16.6 Å². The quantitative estimate of drug-likeness (QED) is 0.257. The van der Waals surface area contributed by atoms with Crippen LogP contribution in [0.5, 0.6) is 0 Å². The van der Waals surface area contributed by atoms with Gasteiger partial charge in [-0.2, -0.15) is 0 Å². The van der Waals surface area contributed by atoms with E-state index < -0.39 is 17.7 Å². The zero-order valence-electron chi connectivity index (χ0n) is 22.0. The molecule has 1 amide bonds. The summed E-state index contributed by atoms with van der Waals surface area (Å²) in [5.41, 5.74) is 3.69. The number of amides is 1. The number of fused-ring (bicyclic) bond motifs is 1. The number of alkyl carbamates (subject to hydrolysis) is 1.